The third-order valence-corrected chi connectivity index (χ3v) is 3.11. The molecule has 0 saturated carbocycles. The molecule has 0 amide bonds. The summed E-state index contributed by atoms with van der Waals surface area (Å²) in [5.41, 5.74) is 0. The Morgan fingerprint density at radius 1 is 1.38 bits per heavy atom. The maximum Gasteiger partial charge on any atom is 0.163 e. The summed E-state index contributed by atoms with van der Waals surface area (Å²) in [4.78, 5) is 0. The van der Waals surface area contributed by atoms with Gasteiger partial charge in [0.1, 0.15) is 6.10 Å². The van der Waals surface area contributed by atoms with Gasteiger partial charge in [-0.05, 0) is 20.3 Å². The van der Waals surface area contributed by atoms with Crippen molar-refractivity contribution in [3.8, 4) is 0 Å². The van der Waals surface area contributed by atoms with Crippen LogP contribution in [-0.2, 0) is 18.9 Å². The average Bonchev–Trinajstić information content (AvgIpc) is 2.53. The number of fused-ring (bicyclic) bond motifs is 1. The second kappa shape index (κ2) is 4.58. The smallest absolute Gasteiger partial charge is 0.163 e. The number of aliphatic hydroxyl groups is 1. The monoisotopic (exact) mass is 232 g/mol. The van der Waals surface area contributed by atoms with Crippen molar-refractivity contribution in [3.05, 3.63) is 0 Å². The summed E-state index contributed by atoms with van der Waals surface area (Å²) in [5, 5.41) is 9.07. The molecule has 0 aromatic carbocycles. The lowest BCUT2D eigenvalue weighted by atomic mass is 9.92. The lowest BCUT2D eigenvalue weighted by Crippen LogP contribution is -2.48. The van der Waals surface area contributed by atoms with E-state index in [4.69, 9.17) is 24.1 Å². The van der Waals surface area contributed by atoms with E-state index in [2.05, 4.69) is 0 Å². The predicted molar refractivity (Wildman–Crippen MR) is 55.8 cm³/mol. The topological polar surface area (TPSA) is 57.2 Å². The van der Waals surface area contributed by atoms with E-state index in [1.165, 1.54) is 0 Å². The minimum atomic E-state index is -0.574. The highest BCUT2D eigenvalue weighted by molar-refractivity contribution is 4.91. The molecule has 0 unspecified atom stereocenters. The highest BCUT2D eigenvalue weighted by Gasteiger charge is 2.50. The van der Waals surface area contributed by atoms with E-state index < -0.39 is 5.79 Å². The van der Waals surface area contributed by atoms with Crippen molar-refractivity contribution in [1.82, 2.24) is 0 Å². The Kier molecular flexibility index (Phi) is 3.51. The van der Waals surface area contributed by atoms with Gasteiger partial charge in [0.05, 0.1) is 12.7 Å². The maximum atomic E-state index is 9.07. The fourth-order valence-corrected chi connectivity index (χ4v) is 2.52. The first-order valence-electron chi connectivity index (χ1n) is 5.68. The van der Waals surface area contributed by atoms with Crippen LogP contribution in [0, 0.1) is 5.92 Å². The van der Waals surface area contributed by atoms with Crippen LogP contribution in [0.3, 0.4) is 0 Å². The summed E-state index contributed by atoms with van der Waals surface area (Å²) >= 11 is 0. The van der Waals surface area contributed by atoms with Gasteiger partial charge >= 0.3 is 0 Å². The Bertz CT molecular complexity index is 243. The molecule has 0 aromatic heterocycles. The normalized spacial score (nSPS) is 42.0. The van der Waals surface area contributed by atoms with Crippen molar-refractivity contribution < 1.29 is 24.1 Å². The molecule has 94 valence electrons. The van der Waals surface area contributed by atoms with Crippen molar-refractivity contribution in [2.45, 2.75) is 44.6 Å². The molecule has 5 nitrogen and oxygen atoms in total. The van der Waals surface area contributed by atoms with Crippen molar-refractivity contribution in [3.63, 3.8) is 0 Å². The molecule has 4 atom stereocenters. The van der Waals surface area contributed by atoms with Gasteiger partial charge in [-0.15, -0.1) is 0 Å². The molecule has 0 aromatic rings. The molecular formula is C11H20O5. The molecule has 2 fully saturated rings. The number of hydrogen-bond donors (Lipinski definition) is 1. The number of ether oxygens (including phenoxy) is 4. The van der Waals surface area contributed by atoms with Crippen LogP contribution in [0.2, 0.25) is 0 Å². The van der Waals surface area contributed by atoms with Gasteiger partial charge in [-0.1, -0.05) is 0 Å². The van der Waals surface area contributed by atoms with Gasteiger partial charge in [-0.3, -0.25) is 0 Å². The molecule has 0 spiro atoms. The van der Waals surface area contributed by atoms with E-state index in [-0.39, 0.29) is 31.0 Å². The number of aliphatic hydroxyl groups excluding tert-OH is 1. The van der Waals surface area contributed by atoms with Crippen molar-refractivity contribution in [2.75, 3.05) is 20.3 Å². The highest BCUT2D eigenvalue weighted by atomic mass is 16.8. The Balaban J connectivity index is 2.10. The predicted octanol–water partition coefficient (Wildman–Crippen LogP) is 0.508. The fraction of sp³-hybridized carbons (Fsp3) is 1.00. The van der Waals surface area contributed by atoms with E-state index in [1.807, 2.05) is 13.8 Å². The number of hydrogen-bond acceptors (Lipinski definition) is 5. The van der Waals surface area contributed by atoms with Gasteiger partial charge in [0.15, 0.2) is 12.1 Å². The van der Waals surface area contributed by atoms with Gasteiger partial charge in [0.25, 0.3) is 0 Å². The summed E-state index contributed by atoms with van der Waals surface area (Å²) in [6, 6.07) is 0. The van der Waals surface area contributed by atoms with Crippen LogP contribution in [0.25, 0.3) is 0 Å². The molecule has 5 heteroatoms. The third kappa shape index (κ3) is 2.24. The van der Waals surface area contributed by atoms with Crippen molar-refractivity contribution in [1.29, 1.82) is 0 Å². The van der Waals surface area contributed by atoms with Crippen molar-refractivity contribution in [2.24, 2.45) is 5.92 Å². The molecule has 16 heavy (non-hydrogen) atoms. The summed E-state index contributed by atoms with van der Waals surface area (Å²) in [6.07, 6.45) is 0.170. The molecule has 1 N–H and O–H groups in total. The van der Waals surface area contributed by atoms with Crippen LogP contribution in [-0.4, -0.2) is 49.7 Å². The molecule has 0 aliphatic carbocycles. The van der Waals surface area contributed by atoms with Gasteiger partial charge in [-0.2, -0.15) is 0 Å². The highest BCUT2D eigenvalue weighted by Crippen LogP contribution is 2.38. The molecule has 2 rings (SSSR count). The SMILES string of the molecule is CO[C@@H]1OC[C@H]2OC(C)(C)O[C@H]2[C@H]1CCO. The Labute approximate surface area is 95.6 Å². The third-order valence-electron chi connectivity index (χ3n) is 3.11. The molecule has 0 bridgehead atoms. The van der Waals surface area contributed by atoms with Crippen LogP contribution >= 0.6 is 0 Å². The second-order valence-electron chi connectivity index (χ2n) is 4.75. The van der Waals surface area contributed by atoms with E-state index in [1.54, 1.807) is 7.11 Å². The van der Waals surface area contributed by atoms with E-state index in [0.717, 1.165) is 0 Å². The molecule has 2 saturated heterocycles. The summed E-state index contributed by atoms with van der Waals surface area (Å²) in [5.74, 6) is -0.551. The minimum absolute atomic E-state index is 0.0236. The average molecular weight is 232 g/mol. The van der Waals surface area contributed by atoms with Crippen LogP contribution in [0.15, 0.2) is 0 Å². The van der Waals surface area contributed by atoms with Gasteiger partial charge < -0.3 is 24.1 Å². The van der Waals surface area contributed by atoms with E-state index >= 15 is 0 Å². The fourth-order valence-electron chi connectivity index (χ4n) is 2.52. The number of methoxy groups -OCH3 is 1. The molecular weight excluding hydrogens is 212 g/mol. The Morgan fingerprint density at radius 2 is 2.12 bits per heavy atom. The second-order valence-corrected chi connectivity index (χ2v) is 4.75. The lowest BCUT2D eigenvalue weighted by Gasteiger charge is -2.36. The molecule has 2 heterocycles. The van der Waals surface area contributed by atoms with Crippen LogP contribution in [0.5, 0.6) is 0 Å². The minimum Gasteiger partial charge on any atom is -0.396 e. The van der Waals surface area contributed by atoms with Gasteiger partial charge in [0, 0.05) is 19.6 Å². The van der Waals surface area contributed by atoms with Gasteiger partial charge in [0.2, 0.25) is 0 Å². The van der Waals surface area contributed by atoms with Gasteiger partial charge in [-0.25, -0.2) is 0 Å². The molecule has 2 aliphatic heterocycles. The van der Waals surface area contributed by atoms with Crippen LogP contribution in [0.4, 0.5) is 0 Å². The van der Waals surface area contributed by atoms with Crippen molar-refractivity contribution >= 4 is 0 Å². The van der Waals surface area contributed by atoms with E-state index in [9.17, 15) is 0 Å². The Hall–Kier alpha value is -0.200. The summed E-state index contributed by atoms with van der Waals surface area (Å²) < 4.78 is 22.4. The first-order chi connectivity index (χ1) is 7.57. The maximum absolute atomic E-state index is 9.07. The van der Waals surface area contributed by atoms with E-state index in [0.29, 0.717) is 13.0 Å². The quantitative estimate of drug-likeness (QED) is 0.768. The summed E-state index contributed by atoms with van der Waals surface area (Å²) in [6.45, 7) is 4.36. The first kappa shape index (κ1) is 12.3. The lowest BCUT2D eigenvalue weighted by molar-refractivity contribution is -0.221. The zero-order chi connectivity index (χ0) is 11.8. The first-order valence-corrected chi connectivity index (χ1v) is 5.68. The standard InChI is InChI=1S/C11H20O5/c1-11(2)15-8-6-14-10(13-3)7(4-5-12)9(8)16-11/h7-10,12H,4-6H2,1-3H3/t7-,8-,9+,10-/m1/s1. The van der Waals surface area contributed by atoms with Crippen LogP contribution < -0.4 is 0 Å². The zero-order valence-corrected chi connectivity index (χ0v) is 10.0. The largest absolute Gasteiger partial charge is 0.396 e. The molecule has 0 radical (unpaired) electrons. The summed E-state index contributed by atoms with van der Waals surface area (Å²) in [7, 11) is 1.61. The van der Waals surface area contributed by atoms with Crippen LogP contribution in [0.1, 0.15) is 20.3 Å². The zero-order valence-electron chi connectivity index (χ0n) is 10.0. The Morgan fingerprint density at radius 3 is 2.75 bits per heavy atom. The number of rotatable bonds is 3. The molecule has 2 aliphatic rings.